The van der Waals surface area contributed by atoms with Gasteiger partial charge in [0.1, 0.15) is 5.15 Å². The molecule has 2 N–H and O–H groups in total. The molecule has 1 aromatic heterocycles. The molecule has 0 aliphatic carbocycles. The van der Waals surface area contributed by atoms with Crippen LogP contribution in [0.1, 0.15) is 12.0 Å². The number of aromatic nitrogens is 1. The molecule has 60 valence electrons. The molecule has 0 aliphatic heterocycles. The number of pyridine rings is 1. The summed E-state index contributed by atoms with van der Waals surface area (Å²) in [5.41, 5.74) is 4.80. The van der Waals surface area contributed by atoms with Crippen LogP contribution < -0.4 is 5.73 Å². The van der Waals surface area contributed by atoms with Crippen LogP contribution in [0.25, 0.3) is 0 Å². The monoisotopic (exact) mass is 178 g/mol. The lowest BCUT2D eigenvalue weighted by atomic mass is 10.2. The summed E-state index contributed by atoms with van der Waals surface area (Å²) in [4.78, 5) is 3.47. The van der Waals surface area contributed by atoms with Crippen molar-refractivity contribution in [3.8, 4) is 0 Å². The van der Waals surface area contributed by atoms with Crippen LogP contribution in [0.2, 0.25) is 5.15 Å². The highest BCUT2D eigenvalue weighted by molar-refractivity contribution is 6.30. The Morgan fingerprint density at radius 3 is 2.55 bits per heavy atom. The third-order valence-electron chi connectivity index (χ3n) is 1.19. The predicted molar refractivity (Wildman–Crippen MR) is 38.6 cm³/mol. The second kappa shape index (κ2) is 3.00. The molecule has 0 amide bonds. The van der Waals surface area contributed by atoms with Crippen molar-refractivity contribution in [1.29, 1.82) is 0 Å². The van der Waals surface area contributed by atoms with Gasteiger partial charge in [0.05, 0.1) is 5.56 Å². The minimum absolute atomic E-state index is 0.0278. The second-order valence-corrected chi connectivity index (χ2v) is 2.26. The molecule has 11 heavy (non-hydrogen) atoms. The standard InChI is InChI=1S/C6H5ClF2N2/c7-5-4(6(8)9)3(10)1-2-11-5/h1-2,6H,(H2,10,11). The van der Waals surface area contributed by atoms with Crippen LogP contribution in [0, 0.1) is 0 Å². The van der Waals surface area contributed by atoms with Crippen LogP contribution in [-0.2, 0) is 0 Å². The largest absolute Gasteiger partial charge is 0.398 e. The summed E-state index contributed by atoms with van der Waals surface area (Å²) in [6.07, 6.45) is -1.39. The van der Waals surface area contributed by atoms with E-state index in [0.29, 0.717) is 0 Å². The van der Waals surface area contributed by atoms with Crippen LogP contribution in [0.15, 0.2) is 12.3 Å². The van der Waals surface area contributed by atoms with E-state index in [1.807, 2.05) is 0 Å². The van der Waals surface area contributed by atoms with Crippen LogP contribution in [0.5, 0.6) is 0 Å². The molecule has 0 saturated heterocycles. The smallest absolute Gasteiger partial charge is 0.268 e. The van der Waals surface area contributed by atoms with Gasteiger partial charge in [-0.3, -0.25) is 0 Å². The van der Waals surface area contributed by atoms with Crippen LogP contribution >= 0.6 is 11.6 Å². The summed E-state index contributed by atoms with van der Waals surface area (Å²) < 4.78 is 24.2. The average Bonchev–Trinajstić information content (AvgIpc) is 1.85. The van der Waals surface area contributed by atoms with Crippen LogP contribution in [-0.4, -0.2) is 4.98 Å². The highest BCUT2D eigenvalue weighted by atomic mass is 35.5. The van der Waals surface area contributed by atoms with Gasteiger partial charge in [-0.15, -0.1) is 0 Å². The van der Waals surface area contributed by atoms with Gasteiger partial charge < -0.3 is 5.73 Å². The molecule has 1 rings (SSSR count). The maximum absolute atomic E-state index is 12.1. The Balaban J connectivity index is 3.21. The highest BCUT2D eigenvalue weighted by Crippen LogP contribution is 2.29. The second-order valence-electron chi connectivity index (χ2n) is 1.91. The maximum atomic E-state index is 12.1. The number of hydrogen-bond donors (Lipinski definition) is 1. The predicted octanol–water partition coefficient (Wildman–Crippen LogP) is 2.25. The number of anilines is 1. The molecule has 0 saturated carbocycles. The molecular formula is C6H5ClF2N2. The molecule has 1 aromatic rings. The molecule has 0 unspecified atom stereocenters. The first-order valence-electron chi connectivity index (χ1n) is 2.81. The van der Waals surface area contributed by atoms with Gasteiger partial charge >= 0.3 is 0 Å². The molecule has 2 nitrogen and oxygen atoms in total. The minimum Gasteiger partial charge on any atom is -0.398 e. The van der Waals surface area contributed by atoms with E-state index in [9.17, 15) is 8.78 Å². The van der Waals surface area contributed by atoms with Gasteiger partial charge in [0.2, 0.25) is 0 Å². The summed E-state index contributed by atoms with van der Waals surface area (Å²) in [6, 6.07) is 1.29. The molecule has 5 heteroatoms. The quantitative estimate of drug-likeness (QED) is 0.670. The zero-order valence-electron chi connectivity index (χ0n) is 5.39. The van der Waals surface area contributed by atoms with Crippen molar-refractivity contribution in [3.63, 3.8) is 0 Å². The number of nitrogens with two attached hydrogens (primary N) is 1. The van der Waals surface area contributed by atoms with Gasteiger partial charge in [0.15, 0.2) is 0 Å². The molecule has 0 aliphatic rings. The van der Waals surface area contributed by atoms with Crippen molar-refractivity contribution in [2.75, 3.05) is 5.73 Å². The first-order chi connectivity index (χ1) is 5.13. The van der Waals surface area contributed by atoms with Gasteiger partial charge in [-0.2, -0.15) is 0 Å². The Morgan fingerprint density at radius 1 is 1.55 bits per heavy atom. The van der Waals surface area contributed by atoms with Crippen molar-refractivity contribution in [2.24, 2.45) is 0 Å². The summed E-state index contributed by atoms with van der Waals surface area (Å²) in [7, 11) is 0. The minimum atomic E-state index is -2.67. The van der Waals surface area contributed by atoms with Gasteiger partial charge in [-0.1, -0.05) is 11.6 Å². The lowest BCUT2D eigenvalue weighted by Crippen LogP contribution is -1.96. The van der Waals surface area contributed by atoms with Crippen LogP contribution in [0.3, 0.4) is 0 Å². The van der Waals surface area contributed by atoms with E-state index in [1.54, 1.807) is 0 Å². The zero-order valence-corrected chi connectivity index (χ0v) is 6.15. The molecule has 0 bridgehead atoms. The van der Waals surface area contributed by atoms with E-state index in [4.69, 9.17) is 17.3 Å². The van der Waals surface area contributed by atoms with Gasteiger partial charge in [-0.05, 0) is 6.07 Å². The fraction of sp³-hybridized carbons (Fsp3) is 0.167. The number of nitrogens with zero attached hydrogens (tertiary/aromatic N) is 1. The lowest BCUT2D eigenvalue weighted by molar-refractivity contribution is 0.152. The Kier molecular flexibility index (Phi) is 2.24. The summed E-state index contributed by atoms with van der Waals surface area (Å²) >= 11 is 5.35. The molecular weight excluding hydrogens is 174 g/mol. The van der Waals surface area contributed by atoms with Gasteiger partial charge in [0.25, 0.3) is 6.43 Å². The Morgan fingerprint density at radius 2 is 2.18 bits per heavy atom. The first kappa shape index (κ1) is 8.20. The van der Waals surface area contributed by atoms with Crippen molar-refractivity contribution in [3.05, 3.63) is 23.0 Å². The Labute approximate surface area is 67.0 Å². The first-order valence-corrected chi connectivity index (χ1v) is 3.18. The number of alkyl halides is 2. The number of rotatable bonds is 1. The van der Waals surface area contributed by atoms with E-state index in [1.165, 1.54) is 12.3 Å². The summed E-state index contributed by atoms with van der Waals surface area (Å²) in [5, 5.41) is -0.236. The SMILES string of the molecule is Nc1ccnc(Cl)c1C(F)F. The molecule has 0 spiro atoms. The zero-order chi connectivity index (χ0) is 8.43. The number of nitrogen functional groups attached to an aromatic ring is 1. The Bertz CT molecular complexity index is 245. The molecule has 0 aromatic carbocycles. The molecule has 0 atom stereocenters. The molecule has 0 fully saturated rings. The molecule has 0 radical (unpaired) electrons. The van der Waals surface area contributed by atoms with Crippen molar-refractivity contribution in [1.82, 2.24) is 4.98 Å². The number of halogens is 3. The third kappa shape index (κ3) is 1.57. The fourth-order valence-corrected chi connectivity index (χ4v) is 0.925. The molecule has 1 heterocycles. The fourth-order valence-electron chi connectivity index (χ4n) is 0.677. The maximum Gasteiger partial charge on any atom is 0.268 e. The van der Waals surface area contributed by atoms with E-state index in [-0.39, 0.29) is 10.8 Å². The Hall–Kier alpha value is -0.900. The van der Waals surface area contributed by atoms with E-state index >= 15 is 0 Å². The summed E-state index contributed by atoms with van der Waals surface area (Å²) in [6.45, 7) is 0. The average molecular weight is 179 g/mol. The summed E-state index contributed by atoms with van der Waals surface area (Å²) in [5.74, 6) is 0. The normalized spacial score (nSPS) is 10.5. The van der Waals surface area contributed by atoms with Crippen molar-refractivity contribution < 1.29 is 8.78 Å². The van der Waals surface area contributed by atoms with Crippen LogP contribution in [0.4, 0.5) is 14.5 Å². The number of hydrogen-bond acceptors (Lipinski definition) is 2. The topological polar surface area (TPSA) is 38.9 Å². The van der Waals surface area contributed by atoms with Gasteiger partial charge in [0, 0.05) is 11.9 Å². The van der Waals surface area contributed by atoms with Crippen molar-refractivity contribution in [2.45, 2.75) is 6.43 Å². The van der Waals surface area contributed by atoms with E-state index in [0.717, 1.165) is 0 Å². The highest BCUT2D eigenvalue weighted by Gasteiger charge is 2.15. The lowest BCUT2D eigenvalue weighted by Gasteiger charge is -2.03. The van der Waals surface area contributed by atoms with Gasteiger partial charge in [-0.25, -0.2) is 13.8 Å². The van der Waals surface area contributed by atoms with Crippen molar-refractivity contribution >= 4 is 17.3 Å². The van der Waals surface area contributed by atoms with E-state index < -0.39 is 12.0 Å². The van der Waals surface area contributed by atoms with E-state index in [2.05, 4.69) is 4.98 Å². The third-order valence-corrected chi connectivity index (χ3v) is 1.49.